The SMILES string of the molecule is CCC(C)(NCc1cnc(-c2cccnc2)s1)c1ccccc1. The molecule has 0 saturated heterocycles. The molecule has 0 saturated carbocycles. The van der Waals surface area contributed by atoms with Crippen LogP contribution in [-0.4, -0.2) is 9.97 Å². The van der Waals surface area contributed by atoms with Crippen molar-refractivity contribution in [3.8, 4) is 10.6 Å². The van der Waals surface area contributed by atoms with Gasteiger partial charge in [0, 0.05) is 41.1 Å². The maximum atomic E-state index is 4.52. The number of rotatable bonds is 6. The van der Waals surface area contributed by atoms with Crippen LogP contribution in [0.5, 0.6) is 0 Å². The summed E-state index contributed by atoms with van der Waals surface area (Å²) in [6, 6.07) is 14.6. The second kappa shape index (κ2) is 7.02. The predicted molar refractivity (Wildman–Crippen MR) is 96.3 cm³/mol. The molecule has 0 spiro atoms. The highest BCUT2D eigenvalue weighted by molar-refractivity contribution is 7.15. The van der Waals surface area contributed by atoms with E-state index in [-0.39, 0.29) is 5.54 Å². The molecule has 0 aliphatic carbocycles. The Morgan fingerprint density at radius 2 is 1.91 bits per heavy atom. The van der Waals surface area contributed by atoms with Crippen molar-refractivity contribution in [1.82, 2.24) is 15.3 Å². The maximum Gasteiger partial charge on any atom is 0.125 e. The lowest BCUT2D eigenvalue weighted by molar-refractivity contribution is 0.352. The molecule has 1 unspecified atom stereocenters. The van der Waals surface area contributed by atoms with Gasteiger partial charge in [0.1, 0.15) is 5.01 Å². The zero-order valence-corrected chi connectivity index (χ0v) is 14.3. The maximum absolute atomic E-state index is 4.52. The summed E-state index contributed by atoms with van der Waals surface area (Å²) in [7, 11) is 0. The predicted octanol–water partition coefficient (Wildman–Crippen LogP) is 4.62. The largest absolute Gasteiger partial charge is 0.303 e. The number of pyridine rings is 1. The number of hydrogen-bond acceptors (Lipinski definition) is 4. The highest BCUT2D eigenvalue weighted by Gasteiger charge is 2.23. The molecular weight excluding hydrogens is 302 g/mol. The molecule has 2 heterocycles. The van der Waals surface area contributed by atoms with Crippen LogP contribution in [0.2, 0.25) is 0 Å². The van der Waals surface area contributed by atoms with E-state index >= 15 is 0 Å². The summed E-state index contributed by atoms with van der Waals surface area (Å²) in [6.07, 6.45) is 6.63. The van der Waals surface area contributed by atoms with Crippen LogP contribution in [0.4, 0.5) is 0 Å². The Labute approximate surface area is 141 Å². The first-order chi connectivity index (χ1) is 11.2. The first kappa shape index (κ1) is 15.8. The Bertz CT molecular complexity index is 740. The van der Waals surface area contributed by atoms with Crippen LogP contribution in [0.3, 0.4) is 0 Å². The second-order valence-electron chi connectivity index (χ2n) is 5.78. The first-order valence-corrected chi connectivity index (χ1v) is 8.68. The van der Waals surface area contributed by atoms with E-state index in [1.807, 2.05) is 24.5 Å². The lowest BCUT2D eigenvalue weighted by Gasteiger charge is -2.30. The van der Waals surface area contributed by atoms with E-state index in [0.29, 0.717) is 0 Å². The standard InChI is InChI=1S/C19H21N3S/c1-3-19(2,16-9-5-4-6-10-16)22-14-17-13-21-18(23-17)15-8-7-11-20-12-15/h4-13,22H,3,14H2,1-2H3. The van der Waals surface area contributed by atoms with Gasteiger partial charge >= 0.3 is 0 Å². The lowest BCUT2D eigenvalue weighted by Crippen LogP contribution is -2.38. The zero-order chi connectivity index (χ0) is 16.1. The molecule has 1 atom stereocenters. The fourth-order valence-corrected chi connectivity index (χ4v) is 3.37. The molecule has 0 amide bonds. The third-order valence-electron chi connectivity index (χ3n) is 4.23. The quantitative estimate of drug-likeness (QED) is 0.719. The molecule has 4 heteroatoms. The molecule has 1 aromatic carbocycles. The van der Waals surface area contributed by atoms with Gasteiger partial charge in [-0.05, 0) is 31.0 Å². The van der Waals surface area contributed by atoms with Crippen molar-refractivity contribution in [1.29, 1.82) is 0 Å². The van der Waals surface area contributed by atoms with Gasteiger partial charge in [0.25, 0.3) is 0 Å². The van der Waals surface area contributed by atoms with Gasteiger partial charge in [0.2, 0.25) is 0 Å². The molecule has 1 N–H and O–H groups in total. The molecule has 3 nitrogen and oxygen atoms in total. The minimum absolute atomic E-state index is 0.0281. The molecule has 3 rings (SSSR count). The van der Waals surface area contributed by atoms with E-state index < -0.39 is 0 Å². The van der Waals surface area contributed by atoms with Gasteiger partial charge < -0.3 is 5.32 Å². The van der Waals surface area contributed by atoms with Gasteiger partial charge in [-0.1, -0.05) is 37.3 Å². The average Bonchev–Trinajstić information content (AvgIpc) is 3.10. The van der Waals surface area contributed by atoms with Crippen LogP contribution in [0.1, 0.15) is 30.7 Å². The molecule has 2 aromatic heterocycles. The van der Waals surface area contributed by atoms with Gasteiger partial charge in [-0.25, -0.2) is 4.98 Å². The second-order valence-corrected chi connectivity index (χ2v) is 6.89. The van der Waals surface area contributed by atoms with E-state index in [4.69, 9.17) is 0 Å². The van der Waals surface area contributed by atoms with Crippen molar-refractivity contribution >= 4 is 11.3 Å². The fourth-order valence-electron chi connectivity index (χ4n) is 2.53. The molecule has 3 aromatic rings. The number of nitrogens with one attached hydrogen (secondary N) is 1. The van der Waals surface area contributed by atoms with Gasteiger partial charge in [0.15, 0.2) is 0 Å². The van der Waals surface area contributed by atoms with E-state index in [2.05, 4.69) is 59.5 Å². The number of thiazole rings is 1. The van der Waals surface area contributed by atoms with E-state index in [1.165, 1.54) is 10.4 Å². The van der Waals surface area contributed by atoms with Gasteiger partial charge in [-0.2, -0.15) is 0 Å². The monoisotopic (exact) mass is 323 g/mol. The van der Waals surface area contributed by atoms with E-state index in [9.17, 15) is 0 Å². The summed E-state index contributed by atoms with van der Waals surface area (Å²) in [5.41, 5.74) is 2.37. The Morgan fingerprint density at radius 3 is 2.61 bits per heavy atom. The Kier molecular flexibility index (Phi) is 4.84. The van der Waals surface area contributed by atoms with Crippen LogP contribution >= 0.6 is 11.3 Å². The number of aromatic nitrogens is 2. The average molecular weight is 323 g/mol. The third-order valence-corrected chi connectivity index (χ3v) is 5.28. The van der Waals surface area contributed by atoms with Crippen molar-refractivity contribution in [3.05, 3.63) is 71.5 Å². The topological polar surface area (TPSA) is 37.8 Å². The smallest absolute Gasteiger partial charge is 0.125 e. The summed E-state index contributed by atoms with van der Waals surface area (Å²) < 4.78 is 0. The molecule has 23 heavy (non-hydrogen) atoms. The summed E-state index contributed by atoms with van der Waals surface area (Å²) in [6.45, 7) is 5.29. The molecule has 0 bridgehead atoms. The molecule has 0 fully saturated rings. The van der Waals surface area contributed by atoms with Gasteiger partial charge in [-0.3, -0.25) is 4.98 Å². The van der Waals surface area contributed by atoms with Crippen LogP contribution in [0.25, 0.3) is 10.6 Å². The van der Waals surface area contributed by atoms with Crippen LogP contribution in [0, 0.1) is 0 Å². The van der Waals surface area contributed by atoms with Crippen LogP contribution in [-0.2, 0) is 12.1 Å². The number of hydrogen-bond donors (Lipinski definition) is 1. The Hall–Kier alpha value is -2.04. The molecule has 0 aliphatic heterocycles. The molecule has 118 valence electrons. The van der Waals surface area contributed by atoms with E-state index in [1.54, 1.807) is 17.5 Å². The van der Waals surface area contributed by atoms with Crippen LogP contribution in [0.15, 0.2) is 61.1 Å². The number of benzene rings is 1. The molecule has 0 radical (unpaired) electrons. The van der Waals surface area contributed by atoms with Gasteiger partial charge in [0.05, 0.1) is 0 Å². The summed E-state index contributed by atoms with van der Waals surface area (Å²) in [4.78, 5) is 9.92. The first-order valence-electron chi connectivity index (χ1n) is 7.87. The minimum atomic E-state index is -0.0281. The Balaban J connectivity index is 1.72. The van der Waals surface area contributed by atoms with Crippen molar-refractivity contribution in [2.24, 2.45) is 0 Å². The van der Waals surface area contributed by atoms with Crippen molar-refractivity contribution in [2.45, 2.75) is 32.4 Å². The summed E-state index contributed by atoms with van der Waals surface area (Å²) >= 11 is 1.72. The van der Waals surface area contributed by atoms with Crippen LogP contribution < -0.4 is 5.32 Å². The molecular formula is C19H21N3S. The highest BCUT2D eigenvalue weighted by atomic mass is 32.1. The van der Waals surface area contributed by atoms with Crippen molar-refractivity contribution in [2.75, 3.05) is 0 Å². The van der Waals surface area contributed by atoms with E-state index in [0.717, 1.165) is 23.5 Å². The zero-order valence-electron chi connectivity index (χ0n) is 13.5. The van der Waals surface area contributed by atoms with Crippen molar-refractivity contribution < 1.29 is 0 Å². The normalized spacial score (nSPS) is 13.7. The number of nitrogens with zero attached hydrogens (tertiary/aromatic N) is 2. The third kappa shape index (κ3) is 3.66. The Morgan fingerprint density at radius 1 is 1.09 bits per heavy atom. The summed E-state index contributed by atoms with van der Waals surface area (Å²) in [5.74, 6) is 0. The van der Waals surface area contributed by atoms with Gasteiger partial charge in [-0.15, -0.1) is 11.3 Å². The van der Waals surface area contributed by atoms with Crippen molar-refractivity contribution in [3.63, 3.8) is 0 Å². The highest BCUT2D eigenvalue weighted by Crippen LogP contribution is 2.27. The minimum Gasteiger partial charge on any atom is -0.303 e. The summed E-state index contributed by atoms with van der Waals surface area (Å²) in [5, 5.41) is 4.72. The fraction of sp³-hybridized carbons (Fsp3) is 0.263. The lowest BCUT2D eigenvalue weighted by atomic mass is 9.89. The molecule has 0 aliphatic rings.